The third-order valence-electron chi connectivity index (χ3n) is 6.85. The summed E-state index contributed by atoms with van der Waals surface area (Å²) in [7, 11) is 3.55. The van der Waals surface area contributed by atoms with Crippen LogP contribution in [0.25, 0.3) is 5.70 Å². The molecule has 0 aliphatic carbocycles. The normalized spacial score (nSPS) is 14.4. The molecule has 4 rings (SSSR count). The van der Waals surface area contributed by atoms with Crippen LogP contribution in [-0.2, 0) is 13.6 Å². The number of hydrogen-bond donors (Lipinski definition) is 3. The Labute approximate surface area is 231 Å². The second-order valence-electron chi connectivity index (χ2n) is 9.80. The molecular formula is C28H34F3N7O2. The molecule has 4 N–H and O–H groups in total. The number of carbonyl (C=O) groups excluding carboxylic acids is 1. The van der Waals surface area contributed by atoms with E-state index in [2.05, 4.69) is 25.5 Å². The van der Waals surface area contributed by atoms with Crippen molar-refractivity contribution in [2.45, 2.75) is 39.6 Å². The number of alkyl halides is 3. The SMILES string of the molecule is CNN(/C=C(\N)c1cnn(C)c1C)c1cc(C(=O)Nc2cc(CN3CCCC3)cc(OC(F)(F)F)c2)ccc1C. The largest absolute Gasteiger partial charge is 0.573 e. The maximum Gasteiger partial charge on any atom is 0.573 e. The van der Waals surface area contributed by atoms with Crippen LogP contribution in [0.15, 0.2) is 48.8 Å². The van der Waals surface area contributed by atoms with Crippen molar-refractivity contribution in [2.75, 3.05) is 30.5 Å². The van der Waals surface area contributed by atoms with Gasteiger partial charge in [0.15, 0.2) is 0 Å². The molecule has 214 valence electrons. The van der Waals surface area contributed by atoms with E-state index >= 15 is 0 Å². The van der Waals surface area contributed by atoms with Gasteiger partial charge in [-0.15, -0.1) is 13.2 Å². The molecular weight excluding hydrogens is 523 g/mol. The van der Waals surface area contributed by atoms with E-state index in [1.54, 1.807) is 53.4 Å². The lowest BCUT2D eigenvalue weighted by Gasteiger charge is -2.23. The minimum absolute atomic E-state index is 0.213. The smallest absolute Gasteiger partial charge is 0.406 e. The number of hydrazine groups is 1. The van der Waals surface area contributed by atoms with E-state index in [1.165, 1.54) is 12.1 Å². The van der Waals surface area contributed by atoms with Crippen LogP contribution in [0.4, 0.5) is 24.5 Å². The summed E-state index contributed by atoms with van der Waals surface area (Å²) < 4.78 is 44.9. The maximum atomic E-state index is 13.3. The minimum atomic E-state index is -4.85. The lowest BCUT2D eigenvalue weighted by molar-refractivity contribution is -0.274. The van der Waals surface area contributed by atoms with Gasteiger partial charge >= 0.3 is 6.36 Å². The molecule has 0 radical (unpaired) electrons. The number of ether oxygens (including phenoxy) is 1. The first kappa shape index (κ1) is 29.0. The lowest BCUT2D eigenvalue weighted by atomic mass is 10.1. The monoisotopic (exact) mass is 557 g/mol. The number of nitrogens with zero attached hydrogens (tertiary/aromatic N) is 4. The Morgan fingerprint density at radius 1 is 1.18 bits per heavy atom. The van der Waals surface area contributed by atoms with Gasteiger partial charge < -0.3 is 15.8 Å². The molecule has 1 amide bonds. The molecule has 0 spiro atoms. The Hall–Kier alpha value is -4.03. The van der Waals surface area contributed by atoms with E-state index in [-0.39, 0.29) is 11.4 Å². The molecule has 3 aromatic rings. The van der Waals surface area contributed by atoms with Crippen LogP contribution in [0.3, 0.4) is 0 Å². The summed E-state index contributed by atoms with van der Waals surface area (Å²) in [4.78, 5) is 15.4. The second-order valence-corrected chi connectivity index (χ2v) is 9.80. The zero-order valence-corrected chi connectivity index (χ0v) is 23.0. The average molecular weight is 558 g/mol. The fourth-order valence-electron chi connectivity index (χ4n) is 4.67. The highest BCUT2D eigenvalue weighted by atomic mass is 19.4. The summed E-state index contributed by atoms with van der Waals surface area (Å²) in [5, 5.41) is 8.66. The topological polar surface area (TPSA) is 101 Å². The van der Waals surface area contributed by atoms with Crippen LogP contribution in [0, 0.1) is 13.8 Å². The minimum Gasteiger partial charge on any atom is -0.406 e. The van der Waals surface area contributed by atoms with Gasteiger partial charge in [0.25, 0.3) is 5.91 Å². The third-order valence-corrected chi connectivity index (χ3v) is 6.85. The van der Waals surface area contributed by atoms with Gasteiger partial charge in [-0.25, -0.2) is 5.43 Å². The molecule has 0 unspecified atom stereocenters. The number of halogens is 3. The zero-order valence-electron chi connectivity index (χ0n) is 23.0. The molecule has 1 aliphatic heterocycles. The van der Waals surface area contributed by atoms with Crippen molar-refractivity contribution >= 4 is 23.0 Å². The number of rotatable bonds is 9. The first-order valence-electron chi connectivity index (χ1n) is 12.9. The van der Waals surface area contributed by atoms with Crippen LogP contribution < -0.4 is 26.2 Å². The second kappa shape index (κ2) is 12.0. The number of anilines is 2. The van der Waals surface area contributed by atoms with Gasteiger partial charge in [0.2, 0.25) is 0 Å². The van der Waals surface area contributed by atoms with Crippen molar-refractivity contribution < 1.29 is 22.7 Å². The molecule has 1 saturated heterocycles. The number of likely N-dealkylation sites (tertiary alicyclic amines) is 1. The lowest BCUT2D eigenvalue weighted by Crippen LogP contribution is -2.31. The molecule has 12 heteroatoms. The summed E-state index contributed by atoms with van der Waals surface area (Å²) >= 11 is 0. The highest BCUT2D eigenvalue weighted by molar-refractivity contribution is 6.05. The highest BCUT2D eigenvalue weighted by Gasteiger charge is 2.31. The Morgan fingerprint density at radius 3 is 2.52 bits per heavy atom. The summed E-state index contributed by atoms with van der Waals surface area (Å²) in [5.41, 5.74) is 14.3. The molecule has 2 heterocycles. The molecule has 1 aliphatic rings. The zero-order chi connectivity index (χ0) is 29.0. The quantitative estimate of drug-likeness (QED) is 0.329. The number of hydrogen-bond acceptors (Lipinski definition) is 7. The van der Waals surface area contributed by atoms with Crippen molar-refractivity contribution in [3.8, 4) is 5.75 Å². The molecule has 40 heavy (non-hydrogen) atoms. The van der Waals surface area contributed by atoms with E-state index in [4.69, 9.17) is 5.73 Å². The molecule has 9 nitrogen and oxygen atoms in total. The number of aryl methyl sites for hydroxylation is 2. The van der Waals surface area contributed by atoms with Crippen molar-refractivity contribution in [2.24, 2.45) is 12.8 Å². The molecule has 2 aromatic carbocycles. The van der Waals surface area contributed by atoms with Crippen molar-refractivity contribution in [1.29, 1.82) is 0 Å². The molecule has 0 bridgehead atoms. The van der Waals surface area contributed by atoms with E-state index in [9.17, 15) is 18.0 Å². The summed E-state index contributed by atoms with van der Waals surface area (Å²) in [6.45, 7) is 6.02. The standard InChI is InChI=1S/C28H34F3N7O2/c1-18-7-8-21(13-26(18)38(33-3)17-25(32)24-15-34-36(4)19(24)2)27(39)35-22-11-20(16-37-9-5-6-10-37)12-23(14-22)40-28(29,30)31/h7-8,11-15,17,33H,5-6,9-10,16,32H2,1-4H3,(H,35,39)/b25-17-. The molecule has 1 aromatic heterocycles. The van der Waals surface area contributed by atoms with Gasteiger partial charge in [0.1, 0.15) is 5.75 Å². The summed E-state index contributed by atoms with van der Waals surface area (Å²) in [5.74, 6) is -0.856. The number of aromatic nitrogens is 2. The number of nitrogens with two attached hydrogens (primary N) is 1. The van der Waals surface area contributed by atoms with E-state index in [0.29, 0.717) is 29.1 Å². The van der Waals surface area contributed by atoms with Gasteiger partial charge in [-0.05, 0) is 75.2 Å². The Bertz CT molecular complexity index is 1400. The van der Waals surface area contributed by atoms with E-state index < -0.39 is 12.3 Å². The van der Waals surface area contributed by atoms with Gasteiger partial charge in [-0.1, -0.05) is 6.07 Å². The van der Waals surface area contributed by atoms with E-state index in [1.807, 2.05) is 20.9 Å². The summed E-state index contributed by atoms with van der Waals surface area (Å²) in [6.07, 6.45) is 0.630. The predicted molar refractivity (Wildman–Crippen MR) is 148 cm³/mol. The van der Waals surface area contributed by atoms with Crippen LogP contribution in [0.2, 0.25) is 0 Å². The number of benzene rings is 2. The van der Waals surface area contributed by atoms with Crippen molar-refractivity contribution in [3.63, 3.8) is 0 Å². The van der Waals surface area contributed by atoms with Crippen molar-refractivity contribution in [1.82, 2.24) is 20.1 Å². The van der Waals surface area contributed by atoms with Crippen LogP contribution >= 0.6 is 0 Å². The maximum absolute atomic E-state index is 13.3. The molecule has 1 fully saturated rings. The molecule has 0 atom stereocenters. The first-order valence-corrected chi connectivity index (χ1v) is 12.9. The van der Waals surface area contributed by atoms with Gasteiger partial charge in [-0.2, -0.15) is 5.10 Å². The predicted octanol–water partition coefficient (Wildman–Crippen LogP) is 4.68. The van der Waals surface area contributed by atoms with E-state index in [0.717, 1.165) is 42.8 Å². The van der Waals surface area contributed by atoms with Crippen molar-refractivity contribution in [3.05, 3.63) is 76.7 Å². The third kappa shape index (κ3) is 7.13. The fourth-order valence-corrected chi connectivity index (χ4v) is 4.67. The van der Waals surface area contributed by atoms with Gasteiger partial charge in [0, 0.05) is 55.4 Å². The Balaban J connectivity index is 1.59. The Morgan fingerprint density at radius 2 is 1.90 bits per heavy atom. The van der Waals surface area contributed by atoms with Gasteiger partial charge in [-0.3, -0.25) is 19.4 Å². The highest BCUT2D eigenvalue weighted by Crippen LogP contribution is 2.29. The number of carbonyl (C=O) groups is 1. The molecule has 0 saturated carbocycles. The van der Waals surface area contributed by atoms with Crippen LogP contribution in [0.5, 0.6) is 5.75 Å². The average Bonchev–Trinajstić information content (AvgIpc) is 3.51. The van der Waals surface area contributed by atoms with Gasteiger partial charge in [0.05, 0.1) is 17.6 Å². The van der Waals surface area contributed by atoms with Crippen LogP contribution in [-0.4, -0.2) is 47.1 Å². The summed E-state index contributed by atoms with van der Waals surface area (Å²) in [6, 6.07) is 9.33. The Kier molecular flexibility index (Phi) is 8.70. The first-order chi connectivity index (χ1) is 18.9. The number of nitrogens with one attached hydrogen (secondary N) is 2. The fraction of sp³-hybridized carbons (Fsp3) is 0.357. The van der Waals surface area contributed by atoms with Crippen LogP contribution in [0.1, 0.15) is 45.6 Å². The number of amides is 1.